The number of hydrogen-bond donors (Lipinski definition) is 0. The third-order valence-corrected chi connectivity index (χ3v) is 5.35. The number of hydrogen-bond acceptors (Lipinski definition) is 5. The maximum atomic E-state index is 14.0. The lowest BCUT2D eigenvalue weighted by Gasteiger charge is -2.23. The second-order valence-electron chi connectivity index (χ2n) is 6.39. The van der Waals surface area contributed by atoms with Crippen LogP contribution in [0, 0.1) is 18.6 Å². The summed E-state index contributed by atoms with van der Waals surface area (Å²) in [7, 11) is 0. The lowest BCUT2D eigenvalue weighted by atomic mass is 10.1. The molecule has 152 valence electrons. The van der Waals surface area contributed by atoms with Gasteiger partial charge in [-0.1, -0.05) is 18.2 Å². The monoisotopic (exact) mass is 418 g/mol. The van der Waals surface area contributed by atoms with E-state index in [0.717, 1.165) is 11.6 Å². The number of anilines is 1. The summed E-state index contributed by atoms with van der Waals surface area (Å²) in [5.41, 5.74) is 1.50. The number of fused-ring (bicyclic) bond motifs is 1. The van der Waals surface area contributed by atoms with E-state index in [4.69, 9.17) is 4.74 Å². The van der Waals surface area contributed by atoms with E-state index in [9.17, 15) is 18.4 Å². The minimum atomic E-state index is -0.999. The van der Waals surface area contributed by atoms with Crippen molar-refractivity contribution < 1.29 is 23.1 Å². The number of carbonyl (C=O) groups is 2. The zero-order chi connectivity index (χ0) is 21.0. The van der Waals surface area contributed by atoms with Gasteiger partial charge in [-0.15, -0.1) is 11.3 Å². The Morgan fingerprint density at radius 1 is 1.14 bits per heavy atom. The summed E-state index contributed by atoms with van der Waals surface area (Å²) in [4.78, 5) is 30.3. The number of amides is 1. The molecule has 0 saturated carbocycles. The van der Waals surface area contributed by atoms with Gasteiger partial charge in [0.25, 0.3) is 0 Å². The molecule has 8 heteroatoms. The van der Waals surface area contributed by atoms with E-state index in [-0.39, 0.29) is 37.4 Å². The summed E-state index contributed by atoms with van der Waals surface area (Å²) in [6, 6.07) is 9.86. The molecule has 3 aromatic rings. The van der Waals surface area contributed by atoms with Crippen LogP contribution in [0.2, 0.25) is 0 Å². The van der Waals surface area contributed by atoms with Crippen molar-refractivity contribution in [3.63, 3.8) is 0 Å². The van der Waals surface area contributed by atoms with Crippen LogP contribution in [0.25, 0.3) is 10.2 Å². The van der Waals surface area contributed by atoms with E-state index in [2.05, 4.69) is 4.98 Å². The molecule has 29 heavy (non-hydrogen) atoms. The Hall–Kier alpha value is -2.87. The molecular weight excluding hydrogens is 398 g/mol. The average Bonchev–Trinajstić information content (AvgIpc) is 3.12. The molecule has 0 aliphatic rings. The van der Waals surface area contributed by atoms with Gasteiger partial charge in [0.15, 0.2) is 11.6 Å². The van der Waals surface area contributed by atoms with Gasteiger partial charge in [-0.25, -0.2) is 13.8 Å². The molecule has 0 saturated heterocycles. The number of ether oxygens (including phenoxy) is 1. The molecule has 0 unspecified atom stereocenters. The molecule has 0 N–H and O–H groups in total. The van der Waals surface area contributed by atoms with E-state index in [1.54, 1.807) is 19.1 Å². The second-order valence-corrected chi connectivity index (χ2v) is 7.50. The standard InChI is InChI=1S/C21H20F2N2O3S/c1-3-28-19(27)11-10-18(26)25(15-7-5-4-6-13(15)2)12-17-24-21-16(29-17)9-8-14(22)20(21)23/h4-9H,3,10-12H2,1-2H3. The van der Waals surface area contributed by atoms with Crippen molar-refractivity contribution in [1.29, 1.82) is 0 Å². The first-order valence-electron chi connectivity index (χ1n) is 9.15. The van der Waals surface area contributed by atoms with Crippen LogP contribution < -0.4 is 4.90 Å². The number of nitrogens with zero attached hydrogens (tertiary/aromatic N) is 2. The van der Waals surface area contributed by atoms with Crippen molar-refractivity contribution in [2.45, 2.75) is 33.2 Å². The lowest BCUT2D eigenvalue weighted by molar-refractivity contribution is -0.144. The predicted octanol–water partition coefficient (Wildman–Crippen LogP) is 4.76. The zero-order valence-electron chi connectivity index (χ0n) is 16.1. The van der Waals surface area contributed by atoms with Crippen molar-refractivity contribution in [3.8, 4) is 0 Å². The summed E-state index contributed by atoms with van der Waals surface area (Å²) < 4.78 is 32.9. The Morgan fingerprint density at radius 3 is 2.62 bits per heavy atom. The Bertz CT molecular complexity index is 1050. The van der Waals surface area contributed by atoms with E-state index < -0.39 is 17.6 Å². The molecule has 1 amide bonds. The van der Waals surface area contributed by atoms with Gasteiger partial charge in [-0.2, -0.15) is 0 Å². The number of esters is 1. The van der Waals surface area contributed by atoms with Gasteiger partial charge in [-0.05, 0) is 37.6 Å². The minimum Gasteiger partial charge on any atom is -0.466 e. The number of benzene rings is 2. The zero-order valence-corrected chi connectivity index (χ0v) is 16.9. The molecule has 0 aliphatic carbocycles. The fraction of sp³-hybridized carbons (Fsp3) is 0.286. The van der Waals surface area contributed by atoms with Crippen LogP contribution in [0.4, 0.5) is 14.5 Å². The second kappa shape index (κ2) is 9.09. The molecule has 3 rings (SSSR count). The first-order chi connectivity index (χ1) is 13.9. The number of carbonyl (C=O) groups excluding carboxylic acids is 2. The van der Waals surface area contributed by atoms with E-state index in [0.29, 0.717) is 15.4 Å². The predicted molar refractivity (Wildman–Crippen MR) is 108 cm³/mol. The molecule has 0 aliphatic heterocycles. The van der Waals surface area contributed by atoms with Crippen molar-refractivity contribution in [1.82, 2.24) is 4.98 Å². The van der Waals surface area contributed by atoms with Gasteiger partial charge < -0.3 is 9.64 Å². The molecule has 1 heterocycles. The summed E-state index contributed by atoms with van der Waals surface area (Å²) in [6.45, 7) is 3.91. The van der Waals surface area contributed by atoms with Gasteiger partial charge in [-0.3, -0.25) is 9.59 Å². The summed E-state index contributed by atoms with van der Waals surface area (Å²) in [6.07, 6.45) is -0.0597. The molecule has 0 radical (unpaired) electrons. The molecule has 0 atom stereocenters. The molecular formula is C21H20F2N2O3S. The van der Waals surface area contributed by atoms with Gasteiger partial charge >= 0.3 is 5.97 Å². The van der Waals surface area contributed by atoms with Crippen LogP contribution in [0.5, 0.6) is 0 Å². The van der Waals surface area contributed by atoms with Gasteiger partial charge in [0.1, 0.15) is 10.5 Å². The van der Waals surface area contributed by atoms with Gasteiger partial charge in [0.2, 0.25) is 5.91 Å². The van der Waals surface area contributed by atoms with Crippen LogP contribution in [0.15, 0.2) is 36.4 Å². The Balaban J connectivity index is 1.89. The number of aromatic nitrogens is 1. The van der Waals surface area contributed by atoms with Crippen molar-refractivity contribution in [2.75, 3.05) is 11.5 Å². The van der Waals surface area contributed by atoms with Crippen LogP contribution in [-0.4, -0.2) is 23.5 Å². The van der Waals surface area contributed by atoms with E-state index >= 15 is 0 Å². The fourth-order valence-electron chi connectivity index (χ4n) is 2.94. The molecule has 1 aromatic heterocycles. The number of halogens is 2. The maximum Gasteiger partial charge on any atom is 0.306 e. The number of thiazole rings is 1. The highest BCUT2D eigenvalue weighted by Crippen LogP contribution is 2.29. The SMILES string of the molecule is CCOC(=O)CCC(=O)N(Cc1nc2c(F)c(F)ccc2s1)c1ccccc1C. The Kier molecular flexibility index (Phi) is 6.53. The Morgan fingerprint density at radius 2 is 1.90 bits per heavy atom. The maximum absolute atomic E-state index is 14.0. The third-order valence-electron chi connectivity index (χ3n) is 4.35. The summed E-state index contributed by atoms with van der Waals surface area (Å²) in [5.74, 6) is -2.68. The quantitative estimate of drug-likeness (QED) is 0.519. The van der Waals surface area contributed by atoms with Crippen molar-refractivity contribution >= 4 is 39.1 Å². The third kappa shape index (κ3) is 4.76. The highest BCUT2D eigenvalue weighted by molar-refractivity contribution is 7.18. The number of rotatable bonds is 7. The number of aryl methyl sites for hydroxylation is 1. The van der Waals surface area contributed by atoms with E-state index in [1.807, 2.05) is 19.1 Å². The highest BCUT2D eigenvalue weighted by Gasteiger charge is 2.22. The summed E-state index contributed by atoms with van der Waals surface area (Å²) in [5, 5.41) is 0.470. The van der Waals surface area contributed by atoms with E-state index in [1.165, 1.54) is 22.3 Å². The largest absolute Gasteiger partial charge is 0.466 e. The molecule has 5 nitrogen and oxygen atoms in total. The number of para-hydroxylation sites is 1. The molecule has 0 fully saturated rings. The molecule has 0 spiro atoms. The van der Waals surface area contributed by atoms with Crippen LogP contribution in [0.3, 0.4) is 0 Å². The summed E-state index contributed by atoms with van der Waals surface area (Å²) >= 11 is 1.20. The topological polar surface area (TPSA) is 59.5 Å². The van der Waals surface area contributed by atoms with Crippen LogP contribution in [0.1, 0.15) is 30.3 Å². The highest BCUT2D eigenvalue weighted by atomic mass is 32.1. The van der Waals surface area contributed by atoms with Crippen LogP contribution in [-0.2, 0) is 20.9 Å². The van der Waals surface area contributed by atoms with Gasteiger partial charge in [0.05, 0.1) is 24.3 Å². The first kappa shape index (κ1) is 20.9. The normalized spacial score (nSPS) is 10.9. The molecule has 2 aromatic carbocycles. The Labute approximate surface area is 170 Å². The molecule has 0 bridgehead atoms. The van der Waals surface area contributed by atoms with Crippen molar-refractivity contribution in [3.05, 3.63) is 58.6 Å². The smallest absolute Gasteiger partial charge is 0.306 e. The lowest BCUT2D eigenvalue weighted by Crippen LogP contribution is -2.31. The van der Waals surface area contributed by atoms with Crippen molar-refractivity contribution in [2.24, 2.45) is 0 Å². The van der Waals surface area contributed by atoms with Gasteiger partial charge in [0, 0.05) is 12.1 Å². The first-order valence-corrected chi connectivity index (χ1v) is 9.97. The van der Waals surface area contributed by atoms with Crippen LogP contribution >= 0.6 is 11.3 Å². The average molecular weight is 418 g/mol. The minimum absolute atomic E-state index is 0.0267. The fourth-order valence-corrected chi connectivity index (χ4v) is 3.89.